The molecule has 0 aliphatic carbocycles. The van der Waals surface area contributed by atoms with E-state index >= 15 is 0 Å². The van der Waals surface area contributed by atoms with Gasteiger partial charge in [-0.05, 0) is 18.9 Å². The van der Waals surface area contributed by atoms with Crippen LogP contribution in [0, 0.1) is 0 Å². The lowest BCUT2D eigenvalue weighted by Gasteiger charge is -2.33. The van der Waals surface area contributed by atoms with Crippen molar-refractivity contribution in [3.63, 3.8) is 0 Å². The van der Waals surface area contributed by atoms with Crippen molar-refractivity contribution in [1.82, 2.24) is 15.3 Å². The van der Waals surface area contributed by atoms with Gasteiger partial charge in [0.05, 0.1) is 0 Å². The van der Waals surface area contributed by atoms with Gasteiger partial charge in [-0.15, -0.1) is 0 Å². The summed E-state index contributed by atoms with van der Waals surface area (Å²) in [6.45, 7) is 8.05. The Bertz CT molecular complexity index is 475. The van der Waals surface area contributed by atoms with Crippen molar-refractivity contribution >= 4 is 11.8 Å². The van der Waals surface area contributed by atoms with E-state index in [1.165, 1.54) is 0 Å². The van der Waals surface area contributed by atoms with E-state index in [1.807, 2.05) is 12.3 Å². The van der Waals surface area contributed by atoms with Gasteiger partial charge in [0, 0.05) is 30.7 Å². The van der Waals surface area contributed by atoms with Crippen molar-refractivity contribution < 1.29 is 4.79 Å². The van der Waals surface area contributed by atoms with Gasteiger partial charge in [0.25, 0.3) is 0 Å². The minimum Gasteiger partial charge on any atom is -0.356 e. The van der Waals surface area contributed by atoms with Crippen LogP contribution in [0.15, 0.2) is 12.3 Å². The van der Waals surface area contributed by atoms with E-state index in [0.717, 1.165) is 37.6 Å². The second-order valence-electron chi connectivity index (χ2n) is 6.26. The summed E-state index contributed by atoms with van der Waals surface area (Å²) >= 11 is 0. The lowest BCUT2D eigenvalue weighted by Crippen LogP contribution is -2.46. The summed E-state index contributed by atoms with van der Waals surface area (Å²) in [4.78, 5) is 22.1. The minimum atomic E-state index is -0.444. The van der Waals surface area contributed by atoms with Gasteiger partial charge in [0.1, 0.15) is 11.6 Å². The molecule has 1 aromatic rings. The van der Waals surface area contributed by atoms with Gasteiger partial charge in [-0.3, -0.25) is 0 Å². The second-order valence-corrected chi connectivity index (χ2v) is 6.26. The molecule has 1 aliphatic rings. The lowest BCUT2D eigenvalue weighted by molar-refractivity contribution is 0.242. The van der Waals surface area contributed by atoms with Crippen molar-refractivity contribution in [2.75, 3.05) is 18.0 Å². The first kappa shape index (κ1) is 14.6. The molecule has 110 valence electrons. The van der Waals surface area contributed by atoms with Crippen LogP contribution in [0.4, 0.5) is 10.6 Å². The Morgan fingerprint density at radius 2 is 2.05 bits per heavy atom. The number of hydrogen-bond acceptors (Lipinski definition) is 4. The van der Waals surface area contributed by atoms with E-state index in [2.05, 4.69) is 41.0 Å². The number of anilines is 1. The number of piperidine rings is 1. The molecule has 2 heterocycles. The summed E-state index contributed by atoms with van der Waals surface area (Å²) in [5, 5.41) is 2.77. The molecule has 0 atom stereocenters. The van der Waals surface area contributed by atoms with Crippen LogP contribution in [0.25, 0.3) is 0 Å². The smallest absolute Gasteiger partial charge is 0.312 e. The molecule has 6 nitrogen and oxygen atoms in total. The van der Waals surface area contributed by atoms with Gasteiger partial charge in [-0.25, -0.2) is 14.8 Å². The van der Waals surface area contributed by atoms with Crippen LogP contribution in [-0.4, -0.2) is 35.1 Å². The van der Waals surface area contributed by atoms with Crippen LogP contribution in [0.2, 0.25) is 0 Å². The van der Waals surface area contributed by atoms with Crippen LogP contribution in [-0.2, 0) is 5.41 Å². The molecule has 0 radical (unpaired) electrons. The maximum atomic E-state index is 10.9. The number of hydrogen-bond donors (Lipinski definition) is 2. The molecule has 0 saturated carbocycles. The maximum absolute atomic E-state index is 10.9. The molecule has 0 aromatic carbocycles. The Morgan fingerprint density at radius 1 is 1.40 bits per heavy atom. The molecule has 2 rings (SSSR count). The van der Waals surface area contributed by atoms with Crippen LogP contribution in [0.3, 0.4) is 0 Å². The number of carbonyl (C=O) groups is 1. The largest absolute Gasteiger partial charge is 0.356 e. The van der Waals surface area contributed by atoms with Crippen molar-refractivity contribution in [1.29, 1.82) is 0 Å². The molecule has 1 saturated heterocycles. The number of nitrogens with two attached hydrogens (primary N) is 1. The summed E-state index contributed by atoms with van der Waals surface area (Å²) < 4.78 is 0. The fraction of sp³-hybridized carbons (Fsp3) is 0.643. The number of aromatic nitrogens is 2. The second kappa shape index (κ2) is 5.64. The Hall–Kier alpha value is -1.85. The number of nitrogens with zero attached hydrogens (tertiary/aromatic N) is 3. The SMILES string of the molecule is CC(C)(C)c1nccc(N2CCC(NC(N)=O)CC2)n1. The van der Waals surface area contributed by atoms with Crippen LogP contribution in [0.1, 0.15) is 39.4 Å². The van der Waals surface area contributed by atoms with Crippen LogP contribution >= 0.6 is 0 Å². The predicted molar refractivity (Wildman–Crippen MR) is 78.7 cm³/mol. The number of amides is 2. The summed E-state index contributed by atoms with van der Waals surface area (Å²) in [5.41, 5.74) is 5.10. The van der Waals surface area contributed by atoms with E-state index in [4.69, 9.17) is 5.73 Å². The molecular formula is C14H23N5O. The number of rotatable bonds is 2. The standard InChI is InChI=1S/C14H23N5O/c1-14(2,3)12-16-7-4-11(18-12)19-8-5-10(6-9-19)17-13(15)20/h4,7,10H,5-6,8-9H2,1-3H3,(H3,15,17,20). The first-order valence-electron chi connectivity index (χ1n) is 7.01. The van der Waals surface area contributed by atoms with Gasteiger partial charge in [0.15, 0.2) is 0 Å². The zero-order chi connectivity index (χ0) is 14.8. The van der Waals surface area contributed by atoms with Crippen molar-refractivity contribution in [3.05, 3.63) is 18.1 Å². The van der Waals surface area contributed by atoms with E-state index < -0.39 is 6.03 Å². The highest BCUT2D eigenvalue weighted by atomic mass is 16.2. The highest BCUT2D eigenvalue weighted by Crippen LogP contribution is 2.22. The summed E-state index contributed by atoms with van der Waals surface area (Å²) in [6, 6.07) is 1.67. The quantitative estimate of drug-likeness (QED) is 0.856. The Morgan fingerprint density at radius 3 is 2.60 bits per heavy atom. The summed E-state index contributed by atoms with van der Waals surface area (Å²) in [5.74, 6) is 1.81. The van der Waals surface area contributed by atoms with E-state index in [9.17, 15) is 4.79 Å². The average molecular weight is 277 g/mol. The third kappa shape index (κ3) is 3.59. The first-order chi connectivity index (χ1) is 9.36. The number of carbonyl (C=O) groups excluding carboxylic acids is 1. The molecule has 3 N–H and O–H groups in total. The monoisotopic (exact) mass is 277 g/mol. The van der Waals surface area contributed by atoms with Gasteiger partial charge >= 0.3 is 6.03 Å². The molecule has 1 aromatic heterocycles. The molecule has 1 fully saturated rings. The minimum absolute atomic E-state index is 0.0537. The lowest BCUT2D eigenvalue weighted by atomic mass is 9.96. The molecule has 0 bridgehead atoms. The Labute approximate surface area is 119 Å². The third-order valence-electron chi connectivity index (χ3n) is 3.48. The molecular weight excluding hydrogens is 254 g/mol. The fourth-order valence-electron chi connectivity index (χ4n) is 2.34. The maximum Gasteiger partial charge on any atom is 0.312 e. The molecule has 20 heavy (non-hydrogen) atoms. The fourth-order valence-corrected chi connectivity index (χ4v) is 2.34. The van der Waals surface area contributed by atoms with E-state index in [-0.39, 0.29) is 11.5 Å². The molecule has 0 unspecified atom stereocenters. The zero-order valence-electron chi connectivity index (χ0n) is 12.4. The van der Waals surface area contributed by atoms with E-state index in [0.29, 0.717) is 0 Å². The Kier molecular flexibility index (Phi) is 4.11. The van der Waals surface area contributed by atoms with Crippen LogP contribution in [0.5, 0.6) is 0 Å². The van der Waals surface area contributed by atoms with Crippen molar-refractivity contribution in [2.24, 2.45) is 5.73 Å². The third-order valence-corrected chi connectivity index (χ3v) is 3.48. The Balaban J connectivity index is 2.02. The molecule has 2 amide bonds. The van der Waals surface area contributed by atoms with Crippen molar-refractivity contribution in [2.45, 2.75) is 45.1 Å². The van der Waals surface area contributed by atoms with Crippen molar-refractivity contribution in [3.8, 4) is 0 Å². The molecule has 6 heteroatoms. The zero-order valence-corrected chi connectivity index (χ0v) is 12.4. The predicted octanol–water partition coefficient (Wildman–Crippen LogP) is 1.41. The molecule has 1 aliphatic heterocycles. The first-order valence-corrected chi connectivity index (χ1v) is 7.01. The van der Waals surface area contributed by atoms with Gasteiger partial charge in [-0.1, -0.05) is 20.8 Å². The highest BCUT2D eigenvalue weighted by Gasteiger charge is 2.23. The average Bonchev–Trinajstić information content (AvgIpc) is 2.38. The van der Waals surface area contributed by atoms with Crippen LogP contribution < -0.4 is 16.0 Å². The number of urea groups is 1. The van der Waals surface area contributed by atoms with Gasteiger partial charge in [-0.2, -0.15) is 0 Å². The molecule has 0 spiro atoms. The number of nitrogens with one attached hydrogen (secondary N) is 1. The normalized spacial score (nSPS) is 17.1. The van der Waals surface area contributed by atoms with Gasteiger partial charge < -0.3 is 16.0 Å². The van der Waals surface area contributed by atoms with E-state index in [1.54, 1.807) is 0 Å². The van der Waals surface area contributed by atoms with Gasteiger partial charge in [0.2, 0.25) is 0 Å². The highest BCUT2D eigenvalue weighted by molar-refractivity contribution is 5.72. The summed E-state index contributed by atoms with van der Waals surface area (Å²) in [7, 11) is 0. The number of primary amides is 1. The topological polar surface area (TPSA) is 84.1 Å². The summed E-state index contributed by atoms with van der Waals surface area (Å²) in [6.07, 6.45) is 3.59.